The van der Waals surface area contributed by atoms with Gasteiger partial charge in [0.1, 0.15) is 5.75 Å². The second-order valence-corrected chi connectivity index (χ2v) is 5.60. The second-order valence-electron chi connectivity index (χ2n) is 5.60. The van der Waals surface area contributed by atoms with Gasteiger partial charge in [0, 0.05) is 24.8 Å². The largest absolute Gasteiger partial charge is 0.508 e. The minimum atomic E-state index is 0. The molecule has 0 fully saturated rings. The first-order valence-electron chi connectivity index (χ1n) is 8.80. The molecule has 0 saturated carbocycles. The minimum absolute atomic E-state index is 0. The lowest BCUT2D eigenvalue weighted by molar-refractivity contribution is 0.311. The van der Waals surface area contributed by atoms with Gasteiger partial charge in [0.25, 0.3) is 0 Å². The topological polar surface area (TPSA) is 75.1 Å². The van der Waals surface area contributed by atoms with Gasteiger partial charge in [0.2, 0.25) is 0 Å². The number of halogens is 1. The number of aliphatic imine (C=N–C) groups is 1. The van der Waals surface area contributed by atoms with Crippen LogP contribution < -0.4 is 20.1 Å². The van der Waals surface area contributed by atoms with Gasteiger partial charge >= 0.3 is 0 Å². The molecule has 0 aliphatic rings. The number of methoxy groups -OCH3 is 1. The molecule has 0 atom stereocenters. The molecular weight excluding hydrogens is 457 g/mol. The zero-order valence-electron chi connectivity index (χ0n) is 16.0. The molecule has 0 saturated heterocycles. The molecule has 2 aromatic carbocycles. The Morgan fingerprint density at radius 3 is 2.59 bits per heavy atom. The summed E-state index contributed by atoms with van der Waals surface area (Å²) in [4.78, 5) is 4.59. The highest BCUT2D eigenvalue weighted by Crippen LogP contribution is 2.30. The van der Waals surface area contributed by atoms with Crippen molar-refractivity contribution >= 4 is 35.6 Å². The van der Waals surface area contributed by atoms with Crippen molar-refractivity contribution < 1.29 is 14.6 Å². The van der Waals surface area contributed by atoms with Crippen LogP contribution in [0.15, 0.2) is 47.5 Å². The van der Waals surface area contributed by atoms with Gasteiger partial charge in [-0.1, -0.05) is 12.1 Å². The predicted molar refractivity (Wildman–Crippen MR) is 121 cm³/mol. The number of ether oxygens (including phenoxy) is 2. The molecule has 0 spiro atoms. The third-order valence-corrected chi connectivity index (χ3v) is 3.65. The molecule has 7 heteroatoms. The van der Waals surface area contributed by atoms with Crippen LogP contribution in [-0.4, -0.2) is 37.9 Å². The molecule has 0 radical (unpaired) electrons. The Bertz CT molecular complexity index is 738. The summed E-state index contributed by atoms with van der Waals surface area (Å²) in [5.41, 5.74) is 1.91. The summed E-state index contributed by atoms with van der Waals surface area (Å²) in [5.74, 6) is 2.36. The van der Waals surface area contributed by atoms with Crippen LogP contribution in [-0.2, 0) is 6.42 Å². The molecule has 2 aromatic rings. The Hall–Kier alpha value is -2.16. The summed E-state index contributed by atoms with van der Waals surface area (Å²) in [6.45, 7) is 5.90. The Morgan fingerprint density at radius 1 is 1.11 bits per heavy atom. The predicted octanol–water partition coefficient (Wildman–Crippen LogP) is 4.04. The Balaban J connectivity index is 0.00000364. The number of phenolic OH excluding ortho intramolecular Hbond substituents is 1. The highest BCUT2D eigenvalue weighted by Gasteiger charge is 2.07. The molecule has 0 bridgehead atoms. The molecule has 2 rings (SSSR count). The molecule has 0 aliphatic heterocycles. The van der Waals surface area contributed by atoms with E-state index in [1.165, 1.54) is 0 Å². The highest BCUT2D eigenvalue weighted by molar-refractivity contribution is 14.0. The molecule has 0 amide bonds. The van der Waals surface area contributed by atoms with E-state index in [9.17, 15) is 5.11 Å². The summed E-state index contributed by atoms with van der Waals surface area (Å²) >= 11 is 0. The van der Waals surface area contributed by atoms with E-state index < -0.39 is 0 Å². The molecule has 0 heterocycles. The van der Waals surface area contributed by atoms with Crippen molar-refractivity contribution in [3.63, 3.8) is 0 Å². The number of hydrogen-bond acceptors (Lipinski definition) is 4. The fourth-order valence-electron chi connectivity index (χ4n) is 2.47. The van der Waals surface area contributed by atoms with Crippen molar-refractivity contribution in [3.8, 4) is 17.2 Å². The number of phenols is 1. The molecule has 6 nitrogen and oxygen atoms in total. The van der Waals surface area contributed by atoms with Crippen molar-refractivity contribution in [3.05, 3.63) is 48.0 Å². The maximum atomic E-state index is 9.53. The van der Waals surface area contributed by atoms with Crippen molar-refractivity contribution in [1.82, 2.24) is 5.32 Å². The van der Waals surface area contributed by atoms with Gasteiger partial charge in [-0.3, -0.25) is 4.99 Å². The van der Waals surface area contributed by atoms with Crippen LogP contribution in [0, 0.1) is 0 Å². The lowest BCUT2D eigenvalue weighted by atomic mass is 10.1. The van der Waals surface area contributed by atoms with Crippen LogP contribution in [0.3, 0.4) is 0 Å². The standard InChI is InChI=1S/C20H27N3O3.HI/c1-4-21-20(22-12-11-15-7-6-8-17(24)13-15)23-16-9-10-18(26-5-2)19(14-16)25-3;/h6-10,13-14,24H,4-5,11-12H2,1-3H3,(H2,21,22,23);1H. The van der Waals surface area contributed by atoms with Gasteiger partial charge in [-0.2, -0.15) is 0 Å². The van der Waals surface area contributed by atoms with E-state index in [1.54, 1.807) is 19.2 Å². The summed E-state index contributed by atoms with van der Waals surface area (Å²) in [6.07, 6.45) is 0.748. The third-order valence-electron chi connectivity index (χ3n) is 3.65. The minimum Gasteiger partial charge on any atom is -0.508 e. The first-order valence-corrected chi connectivity index (χ1v) is 8.80. The SMILES string of the molecule is CCNC(=NCCc1cccc(O)c1)Nc1ccc(OCC)c(OC)c1.I. The van der Waals surface area contributed by atoms with E-state index in [4.69, 9.17) is 9.47 Å². The second kappa shape index (κ2) is 12.3. The van der Waals surface area contributed by atoms with Crippen molar-refractivity contribution in [1.29, 1.82) is 0 Å². The number of aromatic hydroxyl groups is 1. The summed E-state index contributed by atoms with van der Waals surface area (Å²) in [6, 6.07) is 12.9. The molecule has 0 aromatic heterocycles. The molecule has 0 aliphatic carbocycles. The number of hydrogen-bond donors (Lipinski definition) is 3. The smallest absolute Gasteiger partial charge is 0.195 e. The number of nitrogens with one attached hydrogen (secondary N) is 2. The fraction of sp³-hybridized carbons (Fsp3) is 0.350. The van der Waals surface area contributed by atoms with Gasteiger partial charge in [0.05, 0.1) is 13.7 Å². The zero-order chi connectivity index (χ0) is 18.8. The van der Waals surface area contributed by atoms with E-state index in [0.29, 0.717) is 30.6 Å². The quantitative estimate of drug-likeness (QED) is 0.299. The number of nitrogens with zero attached hydrogens (tertiary/aromatic N) is 1. The number of anilines is 1. The van der Waals surface area contributed by atoms with Gasteiger partial charge in [0.15, 0.2) is 17.5 Å². The van der Waals surface area contributed by atoms with Crippen LogP contribution in [0.1, 0.15) is 19.4 Å². The summed E-state index contributed by atoms with van der Waals surface area (Å²) in [7, 11) is 1.62. The molecule has 148 valence electrons. The van der Waals surface area contributed by atoms with Gasteiger partial charge in [-0.05, 0) is 50.1 Å². The van der Waals surface area contributed by atoms with E-state index in [2.05, 4.69) is 15.6 Å². The Kier molecular flexibility index (Phi) is 10.4. The van der Waals surface area contributed by atoms with Gasteiger partial charge < -0.3 is 25.2 Å². The Labute approximate surface area is 178 Å². The van der Waals surface area contributed by atoms with E-state index in [0.717, 1.165) is 24.2 Å². The molecule has 0 unspecified atom stereocenters. The molecule has 27 heavy (non-hydrogen) atoms. The van der Waals surface area contributed by atoms with E-state index in [1.807, 2.05) is 44.2 Å². The number of rotatable bonds is 8. The van der Waals surface area contributed by atoms with E-state index in [-0.39, 0.29) is 29.7 Å². The van der Waals surface area contributed by atoms with Gasteiger partial charge in [-0.25, -0.2) is 0 Å². The first-order chi connectivity index (χ1) is 12.7. The Morgan fingerprint density at radius 2 is 1.93 bits per heavy atom. The molecule has 3 N–H and O–H groups in total. The van der Waals surface area contributed by atoms with E-state index >= 15 is 0 Å². The fourth-order valence-corrected chi connectivity index (χ4v) is 2.47. The maximum Gasteiger partial charge on any atom is 0.195 e. The van der Waals surface area contributed by atoms with Crippen LogP contribution in [0.4, 0.5) is 5.69 Å². The highest BCUT2D eigenvalue weighted by atomic mass is 127. The lowest BCUT2D eigenvalue weighted by Crippen LogP contribution is -2.30. The lowest BCUT2D eigenvalue weighted by Gasteiger charge is -2.14. The number of benzene rings is 2. The van der Waals surface area contributed by atoms with Gasteiger partial charge in [-0.15, -0.1) is 24.0 Å². The van der Waals surface area contributed by atoms with Crippen LogP contribution >= 0.6 is 24.0 Å². The maximum absolute atomic E-state index is 9.53. The number of guanidine groups is 1. The summed E-state index contributed by atoms with van der Waals surface area (Å²) in [5, 5.41) is 16.0. The monoisotopic (exact) mass is 485 g/mol. The third kappa shape index (κ3) is 7.54. The first kappa shape index (κ1) is 22.9. The summed E-state index contributed by atoms with van der Waals surface area (Å²) < 4.78 is 10.9. The van der Waals surface area contributed by atoms with Crippen LogP contribution in [0.5, 0.6) is 17.2 Å². The van der Waals surface area contributed by atoms with Crippen LogP contribution in [0.2, 0.25) is 0 Å². The van der Waals surface area contributed by atoms with Crippen molar-refractivity contribution in [2.24, 2.45) is 4.99 Å². The average Bonchev–Trinajstić information content (AvgIpc) is 2.63. The molecular formula is C20H28IN3O3. The normalized spacial score (nSPS) is 10.7. The average molecular weight is 485 g/mol. The van der Waals surface area contributed by atoms with Crippen molar-refractivity contribution in [2.45, 2.75) is 20.3 Å². The van der Waals surface area contributed by atoms with Crippen molar-refractivity contribution in [2.75, 3.05) is 32.1 Å². The zero-order valence-corrected chi connectivity index (χ0v) is 18.3. The van der Waals surface area contributed by atoms with Crippen LogP contribution in [0.25, 0.3) is 0 Å².